The molecule has 0 saturated carbocycles. The quantitative estimate of drug-likeness (QED) is 0.808. The van der Waals surface area contributed by atoms with Gasteiger partial charge in [-0.1, -0.05) is 18.2 Å². The molecular formula is C18H22F2N4O2. The van der Waals surface area contributed by atoms with Gasteiger partial charge in [-0.15, -0.1) is 0 Å². The standard InChI is InChI=1S/C18H22F2N4O2/c1-23(10-14-8-21-6-7-22-14)15-11-24(12-16(15)25)9-13-4-2-3-5-17(13)26-18(19)20/h2-8,15-16,18,25H,9-12H2,1H3/t15-,16-/m1/s1. The first kappa shape index (κ1) is 18.6. The summed E-state index contributed by atoms with van der Waals surface area (Å²) in [4.78, 5) is 12.4. The van der Waals surface area contributed by atoms with Crippen molar-refractivity contribution in [3.05, 3.63) is 54.1 Å². The number of benzene rings is 1. The van der Waals surface area contributed by atoms with Crippen LogP contribution in [0.1, 0.15) is 11.3 Å². The molecule has 6 nitrogen and oxygen atoms in total. The predicted octanol–water partition coefficient (Wildman–Crippen LogP) is 1.76. The van der Waals surface area contributed by atoms with Crippen molar-refractivity contribution in [2.24, 2.45) is 0 Å². The fraction of sp³-hybridized carbons (Fsp3) is 0.444. The fourth-order valence-electron chi connectivity index (χ4n) is 3.28. The van der Waals surface area contributed by atoms with Crippen molar-refractivity contribution in [2.45, 2.75) is 31.8 Å². The number of alkyl halides is 2. The van der Waals surface area contributed by atoms with E-state index in [1.807, 2.05) is 16.8 Å². The van der Waals surface area contributed by atoms with Crippen LogP contribution in [0.2, 0.25) is 0 Å². The molecule has 1 saturated heterocycles. The molecule has 140 valence electrons. The molecule has 0 unspecified atom stereocenters. The van der Waals surface area contributed by atoms with E-state index < -0.39 is 12.7 Å². The Balaban J connectivity index is 1.62. The Hall–Kier alpha value is -2.16. The summed E-state index contributed by atoms with van der Waals surface area (Å²) in [6.45, 7) is -0.741. The summed E-state index contributed by atoms with van der Waals surface area (Å²) in [6.07, 6.45) is 4.43. The molecule has 1 N–H and O–H groups in total. The molecule has 0 radical (unpaired) electrons. The van der Waals surface area contributed by atoms with Crippen LogP contribution in [0.15, 0.2) is 42.9 Å². The van der Waals surface area contributed by atoms with Crippen LogP contribution in [0.3, 0.4) is 0 Å². The normalized spacial score (nSPS) is 20.8. The number of hydrogen-bond donors (Lipinski definition) is 1. The van der Waals surface area contributed by atoms with Crippen LogP contribution in [0, 0.1) is 0 Å². The smallest absolute Gasteiger partial charge is 0.387 e. The summed E-state index contributed by atoms with van der Waals surface area (Å²) >= 11 is 0. The molecule has 1 aliphatic heterocycles. The Kier molecular flexibility index (Phi) is 6.08. The van der Waals surface area contributed by atoms with Gasteiger partial charge in [0.25, 0.3) is 0 Å². The van der Waals surface area contributed by atoms with E-state index in [-0.39, 0.29) is 11.8 Å². The van der Waals surface area contributed by atoms with Crippen molar-refractivity contribution >= 4 is 0 Å². The van der Waals surface area contributed by atoms with Crippen molar-refractivity contribution in [3.8, 4) is 5.75 Å². The molecule has 3 rings (SSSR count). The van der Waals surface area contributed by atoms with Gasteiger partial charge in [0.2, 0.25) is 0 Å². The van der Waals surface area contributed by atoms with Gasteiger partial charge in [0, 0.05) is 56.4 Å². The first-order valence-electron chi connectivity index (χ1n) is 8.41. The van der Waals surface area contributed by atoms with E-state index in [1.54, 1.807) is 36.8 Å². The topological polar surface area (TPSA) is 61.7 Å². The summed E-state index contributed by atoms with van der Waals surface area (Å²) in [7, 11) is 1.93. The highest BCUT2D eigenvalue weighted by Crippen LogP contribution is 2.25. The second-order valence-corrected chi connectivity index (χ2v) is 6.43. The maximum Gasteiger partial charge on any atom is 0.387 e. The van der Waals surface area contributed by atoms with Crippen molar-refractivity contribution in [1.82, 2.24) is 19.8 Å². The molecule has 0 bridgehead atoms. The Labute approximate surface area is 151 Å². The number of likely N-dealkylation sites (tertiary alicyclic amines) is 1. The molecule has 0 amide bonds. The molecule has 8 heteroatoms. The molecule has 2 atom stereocenters. The monoisotopic (exact) mass is 364 g/mol. The van der Waals surface area contributed by atoms with Crippen molar-refractivity contribution in [2.75, 3.05) is 20.1 Å². The van der Waals surface area contributed by atoms with Crippen LogP contribution in [0.4, 0.5) is 8.78 Å². The van der Waals surface area contributed by atoms with Gasteiger partial charge in [0.15, 0.2) is 0 Å². The molecule has 2 heterocycles. The van der Waals surface area contributed by atoms with Gasteiger partial charge in [-0.2, -0.15) is 8.78 Å². The largest absolute Gasteiger partial charge is 0.434 e. The Morgan fingerprint density at radius 1 is 1.31 bits per heavy atom. The molecule has 1 fully saturated rings. The number of nitrogens with zero attached hydrogens (tertiary/aromatic N) is 4. The summed E-state index contributed by atoms with van der Waals surface area (Å²) < 4.78 is 29.7. The SMILES string of the molecule is CN(Cc1cnccn1)[C@@H]1CN(Cc2ccccc2OC(F)F)C[C@H]1O. The van der Waals surface area contributed by atoms with E-state index in [0.29, 0.717) is 31.7 Å². The van der Waals surface area contributed by atoms with E-state index in [2.05, 4.69) is 14.7 Å². The lowest BCUT2D eigenvalue weighted by molar-refractivity contribution is -0.0507. The lowest BCUT2D eigenvalue weighted by Gasteiger charge is -2.26. The second-order valence-electron chi connectivity index (χ2n) is 6.43. The summed E-state index contributed by atoms with van der Waals surface area (Å²) in [5.41, 5.74) is 1.51. The molecular weight excluding hydrogens is 342 g/mol. The zero-order valence-corrected chi connectivity index (χ0v) is 14.5. The van der Waals surface area contributed by atoms with E-state index in [9.17, 15) is 13.9 Å². The van der Waals surface area contributed by atoms with Crippen LogP contribution < -0.4 is 4.74 Å². The number of rotatable bonds is 7. The second kappa shape index (κ2) is 8.48. The molecule has 2 aromatic rings. The fourth-order valence-corrected chi connectivity index (χ4v) is 3.28. The average molecular weight is 364 g/mol. The molecule has 1 aliphatic rings. The highest BCUT2D eigenvalue weighted by molar-refractivity contribution is 5.33. The minimum atomic E-state index is -2.86. The lowest BCUT2D eigenvalue weighted by atomic mass is 10.2. The van der Waals surface area contributed by atoms with Gasteiger partial charge in [-0.3, -0.25) is 19.8 Å². The van der Waals surface area contributed by atoms with Crippen molar-refractivity contribution in [3.63, 3.8) is 0 Å². The number of para-hydroxylation sites is 1. The third-order valence-corrected chi connectivity index (χ3v) is 4.51. The summed E-state index contributed by atoms with van der Waals surface area (Å²) in [5.74, 6) is 0.174. The Morgan fingerprint density at radius 3 is 2.85 bits per heavy atom. The van der Waals surface area contributed by atoms with Gasteiger partial charge >= 0.3 is 6.61 Å². The number of β-amino-alcohol motifs (C(OH)–C–C–N with tert-alkyl or cyclic N) is 1. The number of aliphatic hydroxyl groups excluding tert-OH is 1. The lowest BCUT2D eigenvalue weighted by Crippen LogP contribution is -2.40. The third kappa shape index (κ3) is 4.72. The number of aromatic nitrogens is 2. The van der Waals surface area contributed by atoms with Gasteiger partial charge in [-0.25, -0.2) is 0 Å². The van der Waals surface area contributed by atoms with Gasteiger partial charge in [0.05, 0.1) is 11.8 Å². The minimum absolute atomic E-state index is 0.0693. The number of aliphatic hydroxyl groups is 1. The Bertz CT molecular complexity index is 705. The maximum absolute atomic E-state index is 12.6. The highest BCUT2D eigenvalue weighted by atomic mass is 19.3. The maximum atomic E-state index is 12.6. The molecule has 0 aliphatic carbocycles. The number of ether oxygens (including phenoxy) is 1. The molecule has 26 heavy (non-hydrogen) atoms. The first-order chi connectivity index (χ1) is 12.5. The molecule has 1 aromatic carbocycles. The number of halogens is 2. The summed E-state index contributed by atoms with van der Waals surface area (Å²) in [6, 6.07) is 6.68. The van der Waals surface area contributed by atoms with E-state index >= 15 is 0 Å². The van der Waals surface area contributed by atoms with Gasteiger partial charge < -0.3 is 9.84 Å². The van der Waals surface area contributed by atoms with Gasteiger partial charge in [0.1, 0.15) is 5.75 Å². The molecule has 0 spiro atoms. The zero-order valence-electron chi connectivity index (χ0n) is 14.5. The van der Waals surface area contributed by atoms with Crippen LogP contribution in [-0.4, -0.2) is 63.8 Å². The zero-order chi connectivity index (χ0) is 18.5. The van der Waals surface area contributed by atoms with Crippen LogP contribution in [0.5, 0.6) is 5.75 Å². The number of hydrogen-bond acceptors (Lipinski definition) is 6. The predicted molar refractivity (Wildman–Crippen MR) is 91.6 cm³/mol. The average Bonchev–Trinajstić information content (AvgIpc) is 2.97. The first-order valence-corrected chi connectivity index (χ1v) is 8.41. The van der Waals surface area contributed by atoms with E-state index in [0.717, 1.165) is 5.69 Å². The van der Waals surface area contributed by atoms with Crippen molar-refractivity contribution in [1.29, 1.82) is 0 Å². The van der Waals surface area contributed by atoms with Crippen LogP contribution in [-0.2, 0) is 13.1 Å². The highest BCUT2D eigenvalue weighted by Gasteiger charge is 2.34. The summed E-state index contributed by atoms with van der Waals surface area (Å²) in [5, 5.41) is 10.4. The minimum Gasteiger partial charge on any atom is -0.434 e. The Morgan fingerprint density at radius 2 is 2.12 bits per heavy atom. The van der Waals surface area contributed by atoms with E-state index in [4.69, 9.17) is 0 Å². The van der Waals surface area contributed by atoms with Crippen LogP contribution >= 0.6 is 0 Å². The van der Waals surface area contributed by atoms with E-state index in [1.165, 1.54) is 6.07 Å². The van der Waals surface area contributed by atoms with Gasteiger partial charge in [-0.05, 0) is 13.1 Å². The van der Waals surface area contributed by atoms with Crippen molar-refractivity contribution < 1.29 is 18.6 Å². The van der Waals surface area contributed by atoms with Crippen LogP contribution in [0.25, 0.3) is 0 Å². The number of likely N-dealkylation sites (N-methyl/N-ethyl adjacent to an activating group) is 1. The molecule has 1 aromatic heterocycles. The third-order valence-electron chi connectivity index (χ3n) is 4.51.